The Bertz CT molecular complexity index is 177. The molecule has 2 aliphatic rings. The van der Waals surface area contributed by atoms with Crippen LogP contribution >= 0.6 is 0 Å². The average molecular weight is 196 g/mol. The minimum absolute atomic E-state index is 0.182. The fourth-order valence-electron chi connectivity index (χ4n) is 3.06. The van der Waals surface area contributed by atoms with Crippen molar-refractivity contribution in [3.05, 3.63) is 0 Å². The molecule has 1 saturated carbocycles. The number of likely N-dealkylation sites (tertiary alicyclic amines) is 1. The normalized spacial score (nSPS) is 29.6. The van der Waals surface area contributed by atoms with E-state index in [9.17, 15) is 0 Å². The second-order valence-corrected chi connectivity index (χ2v) is 5.52. The number of nitrogens with zero attached hydrogens (tertiary/aromatic N) is 1. The molecule has 0 atom stereocenters. The van der Waals surface area contributed by atoms with Crippen LogP contribution in [0.1, 0.15) is 44.9 Å². The summed E-state index contributed by atoms with van der Waals surface area (Å²) in [7, 11) is 2.20. The Morgan fingerprint density at radius 3 is 2.36 bits per heavy atom. The van der Waals surface area contributed by atoms with Gasteiger partial charge in [-0.05, 0) is 45.3 Å². The molecule has 2 rings (SSSR count). The molecule has 2 heteroatoms. The summed E-state index contributed by atoms with van der Waals surface area (Å²) in [6.07, 6.45) is 9.48. The fourth-order valence-corrected chi connectivity index (χ4v) is 3.06. The topological polar surface area (TPSA) is 29.3 Å². The molecule has 0 spiro atoms. The van der Waals surface area contributed by atoms with E-state index >= 15 is 0 Å². The van der Waals surface area contributed by atoms with E-state index in [0.29, 0.717) is 0 Å². The molecule has 0 aromatic heterocycles. The van der Waals surface area contributed by atoms with Gasteiger partial charge >= 0.3 is 0 Å². The molecule has 14 heavy (non-hydrogen) atoms. The molecule has 82 valence electrons. The molecule has 0 aromatic rings. The Hall–Kier alpha value is -0.0800. The van der Waals surface area contributed by atoms with Crippen LogP contribution < -0.4 is 5.73 Å². The zero-order valence-electron chi connectivity index (χ0n) is 9.47. The molecule has 0 amide bonds. The van der Waals surface area contributed by atoms with Crippen LogP contribution in [0.3, 0.4) is 0 Å². The third-order valence-electron chi connectivity index (χ3n) is 4.15. The first-order chi connectivity index (χ1) is 6.68. The summed E-state index contributed by atoms with van der Waals surface area (Å²) in [5, 5.41) is 0. The van der Waals surface area contributed by atoms with Gasteiger partial charge in [0.15, 0.2) is 0 Å². The number of piperidine rings is 1. The van der Waals surface area contributed by atoms with Gasteiger partial charge in [0.1, 0.15) is 0 Å². The molecule has 0 bridgehead atoms. The molecule has 0 aromatic carbocycles. The predicted octanol–water partition coefficient (Wildman–Crippen LogP) is 1.99. The Labute approximate surface area is 87.8 Å². The van der Waals surface area contributed by atoms with E-state index in [0.717, 1.165) is 5.92 Å². The number of nitrogens with two attached hydrogens (primary N) is 1. The van der Waals surface area contributed by atoms with Crippen LogP contribution in [0.5, 0.6) is 0 Å². The van der Waals surface area contributed by atoms with Gasteiger partial charge < -0.3 is 10.6 Å². The summed E-state index contributed by atoms with van der Waals surface area (Å²) in [6.45, 7) is 2.40. The Morgan fingerprint density at radius 1 is 1.21 bits per heavy atom. The zero-order chi connectivity index (χ0) is 10.0. The quantitative estimate of drug-likeness (QED) is 0.732. The second kappa shape index (κ2) is 4.19. The summed E-state index contributed by atoms with van der Waals surface area (Å²) in [6, 6.07) is 0. The van der Waals surface area contributed by atoms with Gasteiger partial charge in [0, 0.05) is 5.54 Å². The fraction of sp³-hybridized carbons (Fsp3) is 1.00. The van der Waals surface area contributed by atoms with Crippen LogP contribution in [0, 0.1) is 5.92 Å². The molecule has 0 unspecified atom stereocenters. The highest BCUT2D eigenvalue weighted by atomic mass is 15.1. The summed E-state index contributed by atoms with van der Waals surface area (Å²) in [4.78, 5) is 2.40. The molecule has 0 radical (unpaired) electrons. The first-order valence-electron chi connectivity index (χ1n) is 6.15. The summed E-state index contributed by atoms with van der Waals surface area (Å²) in [5.74, 6) is 0.948. The predicted molar refractivity (Wildman–Crippen MR) is 60.2 cm³/mol. The maximum atomic E-state index is 6.47. The molecule has 1 aliphatic heterocycles. The maximum Gasteiger partial charge on any atom is 0.0181 e. The molecular formula is C12H24N2. The van der Waals surface area contributed by atoms with E-state index in [-0.39, 0.29) is 5.54 Å². The molecule has 1 aliphatic carbocycles. The van der Waals surface area contributed by atoms with Crippen LogP contribution in [-0.2, 0) is 0 Å². The lowest BCUT2D eigenvalue weighted by molar-refractivity contribution is 0.165. The third kappa shape index (κ3) is 2.48. The first kappa shape index (κ1) is 10.4. The third-order valence-corrected chi connectivity index (χ3v) is 4.15. The summed E-state index contributed by atoms with van der Waals surface area (Å²) in [5.41, 5.74) is 6.66. The van der Waals surface area contributed by atoms with Crippen LogP contribution in [0.4, 0.5) is 0 Å². The van der Waals surface area contributed by atoms with E-state index in [1.54, 1.807) is 0 Å². The van der Waals surface area contributed by atoms with Crippen molar-refractivity contribution in [3.63, 3.8) is 0 Å². The minimum atomic E-state index is 0.182. The van der Waals surface area contributed by atoms with Gasteiger partial charge in [0.05, 0.1) is 0 Å². The standard InChI is InChI=1S/C12H24N2/c1-14-8-6-12(13,7-9-14)10-11-4-2-3-5-11/h11H,2-10,13H2,1H3. The summed E-state index contributed by atoms with van der Waals surface area (Å²) < 4.78 is 0. The largest absolute Gasteiger partial charge is 0.325 e. The van der Waals surface area contributed by atoms with Crippen molar-refractivity contribution < 1.29 is 0 Å². The highest BCUT2D eigenvalue weighted by Crippen LogP contribution is 2.34. The smallest absolute Gasteiger partial charge is 0.0181 e. The maximum absolute atomic E-state index is 6.47. The van der Waals surface area contributed by atoms with Gasteiger partial charge in [-0.2, -0.15) is 0 Å². The van der Waals surface area contributed by atoms with E-state index in [1.807, 2.05) is 0 Å². The summed E-state index contributed by atoms with van der Waals surface area (Å²) >= 11 is 0. The van der Waals surface area contributed by atoms with Crippen molar-refractivity contribution >= 4 is 0 Å². The van der Waals surface area contributed by atoms with Crippen molar-refractivity contribution in [2.45, 2.75) is 50.5 Å². The van der Waals surface area contributed by atoms with Crippen molar-refractivity contribution in [1.82, 2.24) is 4.90 Å². The molecular weight excluding hydrogens is 172 g/mol. The average Bonchev–Trinajstić information content (AvgIpc) is 2.63. The SMILES string of the molecule is CN1CCC(N)(CC2CCCC2)CC1. The number of rotatable bonds is 2. The van der Waals surface area contributed by atoms with E-state index in [2.05, 4.69) is 11.9 Å². The second-order valence-electron chi connectivity index (χ2n) is 5.52. The van der Waals surface area contributed by atoms with Crippen molar-refractivity contribution in [1.29, 1.82) is 0 Å². The molecule has 2 fully saturated rings. The molecule has 1 heterocycles. The number of hydrogen-bond donors (Lipinski definition) is 1. The van der Waals surface area contributed by atoms with Gasteiger partial charge in [-0.3, -0.25) is 0 Å². The first-order valence-corrected chi connectivity index (χ1v) is 6.15. The van der Waals surface area contributed by atoms with Crippen molar-refractivity contribution in [3.8, 4) is 0 Å². The molecule has 2 N–H and O–H groups in total. The lowest BCUT2D eigenvalue weighted by Crippen LogP contribution is -2.50. The van der Waals surface area contributed by atoms with E-state index < -0.39 is 0 Å². The minimum Gasteiger partial charge on any atom is -0.325 e. The van der Waals surface area contributed by atoms with E-state index in [1.165, 1.54) is 58.0 Å². The Balaban J connectivity index is 1.82. The molecule has 1 saturated heterocycles. The van der Waals surface area contributed by atoms with Crippen LogP contribution in [-0.4, -0.2) is 30.6 Å². The Kier molecular flexibility index (Phi) is 3.13. The van der Waals surface area contributed by atoms with Gasteiger partial charge in [-0.15, -0.1) is 0 Å². The monoisotopic (exact) mass is 196 g/mol. The van der Waals surface area contributed by atoms with E-state index in [4.69, 9.17) is 5.73 Å². The molecule has 2 nitrogen and oxygen atoms in total. The van der Waals surface area contributed by atoms with Gasteiger partial charge in [0.25, 0.3) is 0 Å². The highest BCUT2D eigenvalue weighted by molar-refractivity contribution is 4.92. The van der Waals surface area contributed by atoms with Gasteiger partial charge in [0.2, 0.25) is 0 Å². The van der Waals surface area contributed by atoms with Crippen molar-refractivity contribution in [2.24, 2.45) is 11.7 Å². The zero-order valence-corrected chi connectivity index (χ0v) is 9.47. The van der Waals surface area contributed by atoms with Gasteiger partial charge in [-0.25, -0.2) is 0 Å². The lowest BCUT2D eigenvalue weighted by atomic mass is 9.80. The Morgan fingerprint density at radius 2 is 1.79 bits per heavy atom. The van der Waals surface area contributed by atoms with Crippen LogP contribution in [0.15, 0.2) is 0 Å². The van der Waals surface area contributed by atoms with Crippen LogP contribution in [0.25, 0.3) is 0 Å². The van der Waals surface area contributed by atoms with Gasteiger partial charge in [-0.1, -0.05) is 25.7 Å². The lowest BCUT2D eigenvalue weighted by Gasteiger charge is -2.39. The number of hydrogen-bond acceptors (Lipinski definition) is 2. The highest BCUT2D eigenvalue weighted by Gasteiger charge is 2.32. The van der Waals surface area contributed by atoms with Crippen molar-refractivity contribution in [2.75, 3.05) is 20.1 Å². The van der Waals surface area contributed by atoms with Crippen LogP contribution in [0.2, 0.25) is 0 Å².